The van der Waals surface area contributed by atoms with Crippen LogP contribution in [0.5, 0.6) is 0 Å². The highest BCUT2D eigenvalue weighted by molar-refractivity contribution is 7.25. The van der Waals surface area contributed by atoms with Crippen molar-refractivity contribution in [3.05, 3.63) is 298 Å². The van der Waals surface area contributed by atoms with Crippen LogP contribution in [0.25, 0.3) is 36.9 Å². The monoisotopic (exact) mass is 941 g/mol. The van der Waals surface area contributed by atoms with Crippen LogP contribution in [-0.2, 0) is 10.8 Å². The Bertz CT molecular complexity index is 3820. The van der Waals surface area contributed by atoms with Crippen molar-refractivity contribution in [2.45, 2.75) is 49.9 Å². The van der Waals surface area contributed by atoms with Crippen molar-refractivity contribution in [3.8, 4) is 11.1 Å². The molecule has 9 aromatic rings. The van der Waals surface area contributed by atoms with Gasteiger partial charge in [-0.25, -0.2) is 0 Å². The molecule has 5 aliphatic rings. The van der Waals surface area contributed by atoms with E-state index in [1.807, 2.05) is 11.3 Å². The Kier molecular flexibility index (Phi) is 10.1. The molecule has 0 aliphatic heterocycles. The first-order valence-electron chi connectivity index (χ1n) is 26.0. The molecule has 14 rings (SSSR count). The number of allylic oxidation sites excluding steroid dienone is 12. The van der Waals surface area contributed by atoms with Crippen molar-refractivity contribution in [2.75, 3.05) is 4.90 Å². The lowest BCUT2D eigenvalue weighted by atomic mass is 9.49. The number of anilines is 3. The maximum Gasteiger partial charge on any atom is 0.0688 e. The fraction of sp³-hybridized carbons (Fsp3) is 0.143. The number of fused-ring (bicyclic) bond motifs is 8. The second-order valence-corrected chi connectivity index (χ2v) is 21.8. The molecule has 5 aliphatic carbocycles. The molecule has 5 unspecified atom stereocenters. The average Bonchev–Trinajstić information content (AvgIpc) is 3.98. The predicted octanol–water partition coefficient (Wildman–Crippen LogP) is 18.7. The quantitative estimate of drug-likeness (QED) is 0.147. The van der Waals surface area contributed by atoms with E-state index < -0.39 is 10.8 Å². The van der Waals surface area contributed by atoms with Gasteiger partial charge >= 0.3 is 0 Å². The SMILES string of the molecule is CC1C=CC=C(C2(c3ccccc3N(c3ccc(C4=CCCC=C4)cc3)c3ccc(-c4ccc5sc6ccccc6c5c4)cc3)C3=C4C(c5ccccc5C4(c4ccccc4)c4ccccc42)C(C)C=C3)C1. The van der Waals surface area contributed by atoms with Crippen molar-refractivity contribution in [1.82, 2.24) is 0 Å². The van der Waals surface area contributed by atoms with E-state index in [2.05, 4.69) is 261 Å². The van der Waals surface area contributed by atoms with Gasteiger partial charge in [0.25, 0.3) is 0 Å². The summed E-state index contributed by atoms with van der Waals surface area (Å²) in [6, 6.07) is 74.3. The number of rotatable bonds is 8. The van der Waals surface area contributed by atoms with Gasteiger partial charge in [-0.05, 0) is 146 Å². The summed E-state index contributed by atoms with van der Waals surface area (Å²) in [7, 11) is 0. The molecule has 0 N–H and O–H groups in total. The molecule has 5 atom stereocenters. The van der Waals surface area contributed by atoms with E-state index in [-0.39, 0.29) is 5.92 Å². The molecule has 0 saturated heterocycles. The van der Waals surface area contributed by atoms with E-state index in [1.54, 1.807) is 0 Å². The van der Waals surface area contributed by atoms with Gasteiger partial charge in [-0.15, -0.1) is 11.3 Å². The standard InChI is InChI=1S/C70H55NS/c1-46-18-17-23-53(44-46)69(60-27-12-13-28-61(60)70(52-21-7-4-8-22-52)59-26-11-9-25-57(59)67-47(2)32-42-63(69)68(67)70)62-29-14-15-30-64(62)71(54-38-33-49(34-39-54)48-19-5-3-6-20-48)55-40-35-50(36-41-55)51-37-43-66-58(45-51)56-24-10-16-31-65(56)72-66/h4-5,7-43,45-47,67H,3,6,44H2,1-2H3. The Balaban J connectivity index is 1.03. The summed E-state index contributed by atoms with van der Waals surface area (Å²) in [6.07, 6.45) is 22.4. The first kappa shape index (κ1) is 43.0. The third kappa shape index (κ3) is 6.31. The molecule has 0 fully saturated rings. The van der Waals surface area contributed by atoms with Gasteiger partial charge in [0.2, 0.25) is 0 Å². The topological polar surface area (TPSA) is 3.24 Å². The van der Waals surface area contributed by atoms with Crippen molar-refractivity contribution < 1.29 is 0 Å². The summed E-state index contributed by atoms with van der Waals surface area (Å²) in [5, 5.41) is 2.64. The maximum absolute atomic E-state index is 2.57. The summed E-state index contributed by atoms with van der Waals surface area (Å²) in [6.45, 7) is 4.83. The van der Waals surface area contributed by atoms with Gasteiger partial charge in [-0.1, -0.05) is 214 Å². The van der Waals surface area contributed by atoms with Crippen molar-refractivity contribution in [2.24, 2.45) is 11.8 Å². The summed E-state index contributed by atoms with van der Waals surface area (Å²) < 4.78 is 2.66. The number of benzene rings is 8. The molecule has 1 heterocycles. The van der Waals surface area contributed by atoms with Crippen LogP contribution in [0.1, 0.15) is 78.0 Å². The van der Waals surface area contributed by atoms with E-state index in [4.69, 9.17) is 0 Å². The minimum absolute atomic E-state index is 0.212. The van der Waals surface area contributed by atoms with Crippen LogP contribution in [0.2, 0.25) is 0 Å². The van der Waals surface area contributed by atoms with Gasteiger partial charge in [-0.2, -0.15) is 0 Å². The van der Waals surface area contributed by atoms with Crippen molar-refractivity contribution in [1.29, 1.82) is 0 Å². The third-order valence-electron chi connectivity index (χ3n) is 16.7. The van der Waals surface area contributed by atoms with E-state index in [0.717, 1.165) is 30.6 Å². The predicted molar refractivity (Wildman–Crippen MR) is 305 cm³/mol. The van der Waals surface area contributed by atoms with E-state index in [9.17, 15) is 0 Å². The minimum Gasteiger partial charge on any atom is -0.310 e. The fourth-order valence-electron chi connectivity index (χ4n) is 13.7. The highest BCUT2D eigenvalue weighted by Gasteiger charge is 2.62. The lowest BCUT2D eigenvalue weighted by Gasteiger charge is -2.53. The summed E-state index contributed by atoms with van der Waals surface area (Å²) >= 11 is 1.87. The number of para-hydroxylation sites is 1. The molecule has 2 heteroatoms. The average molecular weight is 942 g/mol. The lowest BCUT2D eigenvalue weighted by molar-refractivity contribution is 0.512. The Morgan fingerprint density at radius 3 is 1.94 bits per heavy atom. The number of thiophene rings is 1. The van der Waals surface area contributed by atoms with Crippen LogP contribution in [0.15, 0.2) is 259 Å². The second kappa shape index (κ2) is 16.9. The molecule has 0 bridgehead atoms. The molecule has 8 aromatic carbocycles. The molecule has 0 amide bonds. The highest BCUT2D eigenvalue weighted by Crippen LogP contribution is 2.70. The smallest absolute Gasteiger partial charge is 0.0688 e. The van der Waals surface area contributed by atoms with Crippen molar-refractivity contribution in [3.63, 3.8) is 0 Å². The molecule has 0 saturated carbocycles. The molecular weight excluding hydrogens is 887 g/mol. The Morgan fingerprint density at radius 2 is 1.18 bits per heavy atom. The summed E-state index contributed by atoms with van der Waals surface area (Å²) in [4.78, 5) is 2.55. The first-order valence-corrected chi connectivity index (χ1v) is 26.8. The van der Waals surface area contributed by atoms with E-state index >= 15 is 0 Å². The molecule has 346 valence electrons. The van der Waals surface area contributed by atoms with Crippen LogP contribution < -0.4 is 4.90 Å². The number of nitrogens with zero attached hydrogens (tertiary/aromatic N) is 1. The zero-order valence-corrected chi connectivity index (χ0v) is 41.6. The molecule has 0 spiro atoms. The van der Waals surface area contributed by atoms with Crippen LogP contribution in [0.3, 0.4) is 0 Å². The van der Waals surface area contributed by atoms with E-state index in [0.29, 0.717) is 11.8 Å². The molecule has 0 radical (unpaired) electrons. The van der Waals surface area contributed by atoms with Gasteiger partial charge in [0.15, 0.2) is 0 Å². The van der Waals surface area contributed by atoms with Crippen LogP contribution in [0.4, 0.5) is 17.1 Å². The Morgan fingerprint density at radius 1 is 0.528 bits per heavy atom. The zero-order chi connectivity index (χ0) is 48.0. The summed E-state index contributed by atoms with van der Waals surface area (Å²) in [5.41, 5.74) is 20.0. The van der Waals surface area contributed by atoms with E-state index in [1.165, 1.54) is 98.2 Å². The van der Waals surface area contributed by atoms with Gasteiger partial charge < -0.3 is 4.90 Å². The van der Waals surface area contributed by atoms with Gasteiger partial charge in [0.1, 0.15) is 0 Å². The first-order chi connectivity index (χ1) is 35.5. The largest absolute Gasteiger partial charge is 0.310 e. The second-order valence-electron chi connectivity index (χ2n) is 20.7. The normalized spacial score (nSPS) is 22.6. The zero-order valence-electron chi connectivity index (χ0n) is 40.8. The molecule has 72 heavy (non-hydrogen) atoms. The third-order valence-corrected chi connectivity index (χ3v) is 17.9. The van der Waals surface area contributed by atoms with Crippen LogP contribution in [0, 0.1) is 11.8 Å². The lowest BCUT2D eigenvalue weighted by Crippen LogP contribution is -2.46. The molecule has 1 aromatic heterocycles. The highest BCUT2D eigenvalue weighted by atomic mass is 32.1. The molecular formula is C70H55NS. The van der Waals surface area contributed by atoms with Gasteiger partial charge in [-0.3, -0.25) is 0 Å². The number of hydrogen-bond donors (Lipinski definition) is 0. The van der Waals surface area contributed by atoms with Gasteiger partial charge in [0, 0.05) is 37.5 Å². The molecule has 1 nitrogen and oxygen atoms in total. The fourth-order valence-corrected chi connectivity index (χ4v) is 14.8. The Hall–Kier alpha value is -7.78. The summed E-state index contributed by atoms with van der Waals surface area (Å²) in [5.74, 6) is 0.903. The van der Waals surface area contributed by atoms with Crippen LogP contribution >= 0.6 is 11.3 Å². The minimum atomic E-state index is -0.634. The Labute approximate surface area is 427 Å². The maximum atomic E-state index is 2.57. The number of hydrogen-bond acceptors (Lipinski definition) is 2. The van der Waals surface area contributed by atoms with Crippen molar-refractivity contribution >= 4 is 54.1 Å². The van der Waals surface area contributed by atoms with Crippen LogP contribution in [-0.4, -0.2) is 0 Å². The van der Waals surface area contributed by atoms with Gasteiger partial charge in [0.05, 0.1) is 16.5 Å².